The molecule has 1 unspecified atom stereocenters. The van der Waals surface area contributed by atoms with Crippen LogP contribution in [0.3, 0.4) is 0 Å². The Morgan fingerprint density at radius 1 is 1.23 bits per heavy atom. The number of aryl methyl sites for hydroxylation is 3. The Kier molecular flexibility index (Phi) is 6.84. The quantitative estimate of drug-likeness (QED) is 0.649. The van der Waals surface area contributed by atoms with Crippen LogP contribution < -0.4 is 10.6 Å². The van der Waals surface area contributed by atoms with Crippen LogP contribution in [0, 0.1) is 26.7 Å². The van der Waals surface area contributed by atoms with Gasteiger partial charge in [-0.2, -0.15) is 0 Å². The fourth-order valence-electron chi connectivity index (χ4n) is 3.43. The number of thiazole rings is 1. The number of piperidine rings is 1. The van der Waals surface area contributed by atoms with Gasteiger partial charge in [0.05, 0.1) is 23.7 Å². The highest BCUT2D eigenvalue weighted by Gasteiger charge is 2.27. The van der Waals surface area contributed by atoms with Crippen LogP contribution in [0.25, 0.3) is 0 Å². The lowest BCUT2D eigenvalue weighted by molar-refractivity contribution is -0.123. The number of hydrogen-bond acceptors (Lipinski definition) is 6. The molecule has 3 N–H and O–H groups in total. The number of nitrogens with zero attached hydrogens (tertiary/aromatic N) is 2. The fraction of sp³-hybridized carbons (Fsp3) is 0.429. The van der Waals surface area contributed by atoms with Crippen molar-refractivity contribution in [1.82, 2.24) is 9.88 Å². The number of carbonyl (C=O) groups is 3. The van der Waals surface area contributed by atoms with Crippen molar-refractivity contribution in [2.24, 2.45) is 5.92 Å². The van der Waals surface area contributed by atoms with Gasteiger partial charge in [-0.1, -0.05) is 6.07 Å². The van der Waals surface area contributed by atoms with E-state index in [1.54, 1.807) is 6.07 Å². The third-order valence-electron chi connectivity index (χ3n) is 5.26. The minimum Gasteiger partial charge on any atom is -0.478 e. The number of aromatic nitrogens is 1. The Hall–Kier alpha value is -2.78. The molecule has 3 rings (SSSR count). The predicted octanol–water partition coefficient (Wildman–Crippen LogP) is 3.06. The second-order valence-electron chi connectivity index (χ2n) is 7.61. The summed E-state index contributed by atoms with van der Waals surface area (Å²) in [4.78, 5) is 43.7. The molecule has 2 aromatic rings. The van der Waals surface area contributed by atoms with Gasteiger partial charge in [0.2, 0.25) is 11.8 Å². The van der Waals surface area contributed by atoms with Gasteiger partial charge < -0.3 is 15.7 Å². The molecule has 0 spiro atoms. The molecule has 1 fully saturated rings. The molecule has 2 amide bonds. The molecule has 0 bridgehead atoms. The maximum absolute atomic E-state index is 12.8. The van der Waals surface area contributed by atoms with E-state index in [4.69, 9.17) is 5.11 Å². The van der Waals surface area contributed by atoms with Crippen LogP contribution in [0.2, 0.25) is 0 Å². The summed E-state index contributed by atoms with van der Waals surface area (Å²) in [5.74, 6) is -1.60. The number of aromatic carboxylic acids is 1. The molecule has 1 aliphatic rings. The van der Waals surface area contributed by atoms with Crippen LogP contribution in [0.5, 0.6) is 0 Å². The molecule has 30 heavy (non-hydrogen) atoms. The molecule has 0 radical (unpaired) electrons. The Morgan fingerprint density at radius 2 is 2.00 bits per heavy atom. The monoisotopic (exact) mass is 430 g/mol. The molecule has 1 atom stereocenters. The third-order valence-corrected chi connectivity index (χ3v) is 6.25. The molecule has 9 heteroatoms. The molecule has 0 saturated carbocycles. The van der Waals surface area contributed by atoms with Crippen molar-refractivity contribution < 1.29 is 19.5 Å². The summed E-state index contributed by atoms with van der Waals surface area (Å²) in [7, 11) is 0. The van der Waals surface area contributed by atoms with Gasteiger partial charge in [-0.15, -0.1) is 11.3 Å². The van der Waals surface area contributed by atoms with Gasteiger partial charge in [0.1, 0.15) is 0 Å². The highest BCUT2D eigenvalue weighted by molar-refractivity contribution is 7.15. The maximum atomic E-state index is 12.8. The van der Waals surface area contributed by atoms with E-state index >= 15 is 0 Å². The molecule has 1 aliphatic heterocycles. The molecule has 1 saturated heterocycles. The number of carbonyl (C=O) groups excluding carboxylic acids is 2. The largest absolute Gasteiger partial charge is 0.478 e. The first-order chi connectivity index (χ1) is 14.2. The predicted molar refractivity (Wildman–Crippen MR) is 116 cm³/mol. The molecular weight excluding hydrogens is 404 g/mol. The van der Waals surface area contributed by atoms with E-state index in [1.807, 2.05) is 25.7 Å². The first-order valence-electron chi connectivity index (χ1n) is 9.84. The lowest BCUT2D eigenvalue weighted by Gasteiger charge is -2.31. The van der Waals surface area contributed by atoms with Gasteiger partial charge in [-0.05, 0) is 57.9 Å². The van der Waals surface area contributed by atoms with E-state index in [2.05, 4.69) is 15.6 Å². The van der Waals surface area contributed by atoms with Crippen molar-refractivity contribution in [3.8, 4) is 0 Å². The topological polar surface area (TPSA) is 112 Å². The normalized spacial score (nSPS) is 16.8. The Bertz CT molecular complexity index is 952. The summed E-state index contributed by atoms with van der Waals surface area (Å²) in [5, 5.41) is 15.4. The van der Waals surface area contributed by atoms with Crippen molar-refractivity contribution in [2.45, 2.75) is 33.6 Å². The van der Waals surface area contributed by atoms with E-state index in [1.165, 1.54) is 23.5 Å². The Labute approximate surface area is 179 Å². The second kappa shape index (κ2) is 9.36. The van der Waals surface area contributed by atoms with Gasteiger partial charge in [-0.25, -0.2) is 9.78 Å². The average Bonchev–Trinajstić information content (AvgIpc) is 3.00. The van der Waals surface area contributed by atoms with E-state index in [-0.39, 0.29) is 29.8 Å². The highest BCUT2D eigenvalue weighted by atomic mass is 32.1. The SMILES string of the molecule is Cc1ccc(C(=O)O)cc1NC(=O)C1CCCN(CC(=O)Nc2nc(C)c(C)s2)C1. The van der Waals surface area contributed by atoms with E-state index in [0.717, 1.165) is 35.5 Å². The highest BCUT2D eigenvalue weighted by Crippen LogP contribution is 2.23. The fourth-order valence-corrected chi connectivity index (χ4v) is 4.26. The molecule has 0 aliphatic carbocycles. The Morgan fingerprint density at radius 3 is 2.67 bits per heavy atom. The number of rotatable bonds is 6. The first kappa shape index (κ1) is 21.9. The van der Waals surface area contributed by atoms with Crippen molar-refractivity contribution in [2.75, 3.05) is 30.3 Å². The smallest absolute Gasteiger partial charge is 0.335 e. The van der Waals surface area contributed by atoms with E-state index in [0.29, 0.717) is 17.4 Å². The summed E-state index contributed by atoms with van der Waals surface area (Å²) in [5.41, 5.74) is 2.34. The van der Waals surface area contributed by atoms with Crippen LogP contribution in [0.15, 0.2) is 18.2 Å². The lowest BCUT2D eigenvalue weighted by atomic mass is 9.96. The van der Waals surface area contributed by atoms with Crippen LogP contribution in [0.4, 0.5) is 10.8 Å². The lowest BCUT2D eigenvalue weighted by Crippen LogP contribution is -2.44. The van der Waals surface area contributed by atoms with Crippen LogP contribution in [-0.4, -0.2) is 52.4 Å². The number of hydrogen-bond donors (Lipinski definition) is 3. The summed E-state index contributed by atoms with van der Waals surface area (Å²) >= 11 is 1.45. The third kappa shape index (κ3) is 5.43. The number of amides is 2. The van der Waals surface area contributed by atoms with E-state index < -0.39 is 5.97 Å². The molecule has 1 aromatic heterocycles. The Balaban J connectivity index is 1.57. The maximum Gasteiger partial charge on any atom is 0.335 e. The van der Waals surface area contributed by atoms with Crippen LogP contribution in [0.1, 0.15) is 39.3 Å². The second-order valence-corrected chi connectivity index (χ2v) is 8.81. The zero-order valence-electron chi connectivity index (χ0n) is 17.3. The van der Waals surface area contributed by atoms with Gasteiger partial charge in [-0.3, -0.25) is 14.5 Å². The minimum absolute atomic E-state index is 0.130. The van der Waals surface area contributed by atoms with Gasteiger partial charge in [0.25, 0.3) is 0 Å². The number of carboxylic acid groups (broad SMARTS) is 1. The van der Waals surface area contributed by atoms with Gasteiger partial charge in [0, 0.05) is 17.1 Å². The summed E-state index contributed by atoms with van der Waals surface area (Å²) in [6.07, 6.45) is 1.54. The molecule has 8 nitrogen and oxygen atoms in total. The van der Waals surface area contributed by atoms with Crippen LogP contribution >= 0.6 is 11.3 Å². The summed E-state index contributed by atoms with van der Waals surface area (Å²) < 4.78 is 0. The van der Waals surface area contributed by atoms with Crippen LogP contribution in [-0.2, 0) is 9.59 Å². The number of carboxylic acids is 1. The van der Waals surface area contributed by atoms with Crippen molar-refractivity contribution >= 4 is 39.9 Å². The van der Waals surface area contributed by atoms with Gasteiger partial charge in [0.15, 0.2) is 5.13 Å². The number of likely N-dealkylation sites (tertiary alicyclic amines) is 1. The zero-order valence-corrected chi connectivity index (χ0v) is 18.1. The molecular formula is C21H26N4O4S. The average molecular weight is 431 g/mol. The molecule has 2 heterocycles. The standard InChI is InChI=1S/C21H26N4O4S/c1-12-6-7-15(20(28)29)9-17(12)23-19(27)16-5-4-8-25(10-16)11-18(26)24-21-22-13(2)14(3)30-21/h6-7,9,16H,4-5,8,10-11H2,1-3H3,(H,23,27)(H,28,29)(H,22,24,26). The number of benzene rings is 1. The number of nitrogens with one attached hydrogen (secondary N) is 2. The first-order valence-corrected chi connectivity index (χ1v) is 10.7. The minimum atomic E-state index is -1.04. The molecule has 1 aromatic carbocycles. The summed E-state index contributed by atoms with van der Waals surface area (Å²) in [6, 6.07) is 4.67. The zero-order chi connectivity index (χ0) is 21.8. The van der Waals surface area contributed by atoms with Gasteiger partial charge >= 0.3 is 5.97 Å². The van der Waals surface area contributed by atoms with E-state index in [9.17, 15) is 14.4 Å². The van der Waals surface area contributed by atoms with Crippen molar-refractivity contribution in [3.63, 3.8) is 0 Å². The molecule has 160 valence electrons. The van der Waals surface area contributed by atoms with Crippen molar-refractivity contribution in [3.05, 3.63) is 39.9 Å². The van der Waals surface area contributed by atoms with Crippen molar-refractivity contribution in [1.29, 1.82) is 0 Å². The number of anilines is 2. The summed E-state index contributed by atoms with van der Waals surface area (Å²) in [6.45, 7) is 7.12.